The Kier molecular flexibility index (Phi) is 9.10. The Balaban J connectivity index is 1.14. The summed E-state index contributed by atoms with van der Waals surface area (Å²) in [6.07, 6.45) is 5.18. The first kappa shape index (κ1) is 32.7. The minimum absolute atomic E-state index is 0.0146. The molecule has 1 fully saturated rings. The summed E-state index contributed by atoms with van der Waals surface area (Å²) >= 11 is 0. The Morgan fingerprint density at radius 1 is 1.06 bits per heavy atom. The van der Waals surface area contributed by atoms with Crippen LogP contribution in [0.3, 0.4) is 0 Å². The normalized spacial score (nSPS) is 17.9. The Labute approximate surface area is 275 Å². The number of piperazine rings is 1. The van der Waals surface area contributed by atoms with Crippen molar-refractivity contribution in [3.63, 3.8) is 0 Å². The van der Waals surface area contributed by atoms with E-state index in [-0.39, 0.29) is 30.1 Å². The summed E-state index contributed by atoms with van der Waals surface area (Å²) in [6, 6.07) is 16.0. The van der Waals surface area contributed by atoms with Crippen LogP contribution in [0.25, 0.3) is 11.5 Å². The second kappa shape index (κ2) is 13.1. The predicted molar refractivity (Wildman–Crippen MR) is 177 cm³/mol. The number of sulfonamides is 1. The number of ether oxygens (including phenoxy) is 1. The van der Waals surface area contributed by atoms with Crippen molar-refractivity contribution in [3.8, 4) is 11.5 Å². The minimum Gasteiger partial charge on any atom is -0.445 e. The van der Waals surface area contributed by atoms with Gasteiger partial charge in [-0.2, -0.15) is 4.31 Å². The lowest BCUT2D eigenvalue weighted by atomic mass is 10.0. The molecule has 47 heavy (non-hydrogen) atoms. The van der Waals surface area contributed by atoms with Crippen molar-refractivity contribution in [1.82, 2.24) is 19.2 Å². The van der Waals surface area contributed by atoms with Gasteiger partial charge in [0.2, 0.25) is 15.9 Å². The lowest BCUT2D eigenvalue weighted by Crippen LogP contribution is -2.56. The Morgan fingerprint density at radius 3 is 2.53 bits per heavy atom. The molecule has 2 aliphatic rings. The van der Waals surface area contributed by atoms with Crippen molar-refractivity contribution in [1.29, 1.82) is 0 Å². The number of anilines is 1. The highest BCUT2D eigenvalue weighted by Gasteiger charge is 2.34. The molecular formula is C35H41N5O6S. The number of amides is 1. The van der Waals surface area contributed by atoms with Gasteiger partial charge in [0.1, 0.15) is 18.0 Å². The van der Waals surface area contributed by atoms with Crippen molar-refractivity contribution >= 4 is 21.8 Å². The van der Waals surface area contributed by atoms with Gasteiger partial charge in [-0.1, -0.05) is 25.5 Å². The topological polar surface area (TPSA) is 129 Å². The summed E-state index contributed by atoms with van der Waals surface area (Å²) in [5, 5.41) is 11.4. The first-order valence-electron chi connectivity index (χ1n) is 15.9. The van der Waals surface area contributed by atoms with Gasteiger partial charge in [-0.15, -0.1) is 0 Å². The first-order valence-corrected chi connectivity index (χ1v) is 17.4. The highest BCUT2D eigenvalue weighted by atomic mass is 32.2. The number of oxazole rings is 1. The van der Waals surface area contributed by atoms with E-state index in [4.69, 9.17) is 9.15 Å². The van der Waals surface area contributed by atoms with E-state index in [9.17, 15) is 18.3 Å². The fourth-order valence-electron chi connectivity index (χ4n) is 6.17. The number of hydrogen-bond acceptors (Lipinski definition) is 9. The molecule has 248 valence electrons. The SMILES string of the molecule is CCCC1CN(c2cccc(C(O)c3cc4c(cn3)CN(S(=O)(=O)c3ccc(-c5ncco5)cc3)C4)c2)CCN1C(=O)OC(C)(C)C. The van der Waals surface area contributed by atoms with Gasteiger partial charge in [0, 0.05) is 50.2 Å². The fraction of sp³-hybridized carbons (Fsp3) is 0.400. The molecule has 6 rings (SSSR count). The molecule has 1 saturated heterocycles. The van der Waals surface area contributed by atoms with Crippen molar-refractivity contribution in [2.75, 3.05) is 24.5 Å². The van der Waals surface area contributed by atoms with E-state index >= 15 is 0 Å². The zero-order valence-electron chi connectivity index (χ0n) is 27.2. The molecule has 0 radical (unpaired) electrons. The van der Waals surface area contributed by atoms with Gasteiger partial charge >= 0.3 is 6.09 Å². The number of carbonyl (C=O) groups excluding carboxylic acids is 1. The van der Waals surface area contributed by atoms with Crippen LogP contribution in [0.15, 0.2) is 82.6 Å². The van der Waals surface area contributed by atoms with Crippen LogP contribution < -0.4 is 4.90 Å². The zero-order valence-corrected chi connectivity index (χ0v) is 28.0. The first-order chi connectivity index (χ1) is 22.4. The third-order valence-corrected chi connectivity index (χ3v) is 10.3. The molecule has 4 aromatic rings. The van der Waals surface area contributed by atoms with Gasteiger partial charge in [0.15, 0.2) is 0 Å². The van der Waals surface area contributed by atoms with Crippen molar-refractivity contribution in [2.24, 2.45) is 0 Å². The van der Waals surface area contributed by atoms with E-state index in [1.807, 2.05) is 49.9 Å². The summed E-state index contributed by atoms with van der Waals surface area (Å²) in [5.41, 5.74) is 3.84. The molecule has 0 aliphatic carbocycles. The Bertz CT molecular complexity index is 1820. The summed E-state index contributed by atoms with van der Waals surface area (Å²) in [4.78, 5) is 25.8. The summed E-state index contributed by atoms with van der Waals surface area (Å²) < 4.78 is 39.4. The quantitative estimate of drug-likeness (QED) is 0.251. The standard InChI is InChI=1S/C35H41N5O6S/c1-5-7-29-23-38(15-16-40(29)34(42)46-35(2,3)4)28-9-6-8-25(18-28)32(41)31-19-26-21-39(22-27(26)20-37-31)47(43,44)30-12-10-24(11-13-30)33-36-14-17-45-33/h6,8-14,17-20,29,32,41H,5,7,15-16,21-23H2,1-4H3. The number of aliphatic hydroxyl groups excluding tert-OH is 1. The van der Waals surface area contributed by atoms with Gasteiger partial charge in [0.05, 0.1) is 22.8 Å². The zero-order chi connectivity index (χ0) is 33.3. The summed E-state index contributed by atoms with van der Waals surface area (Å²) in [5.74, 6) is 0.423. The summed E-state index contributed by atoms with van der Waals surface area (Å²) in [7, 11) is -3.77. The smallest absolute Gasteiger partial charge is 0.410 e. The maximum Gasteiger partial charge on any atom is 0.410 e. The van der Waals surface area contributed by atoms with E-state index in [2.05, 4.69) is 21.8 Å². The van der Waals surface area contributed by atoms with Crippen LogP contribution in [0, 0.1) is 0 Å². The lowest BCUT2D eigenvalue weighted by Gasteiger charge is -2.42. The molecular weight excluding hydrogens is 618 g/mol. The lowest BCUT2D eigenvalue weighted by molar-refractivity contribution is 0.0131. The average Bonchev–Trinajstić information content (AvgIpc) is 3.75. The Morgan fingerprint density at radius 2 is 1.83 bits per heavy atom. The number of pyridine rings is 1. The van der Waals surface area contributed by atoms with Gasteiger partial charge in [-0.05, 0) is 86.3 Å². The second-order valence-electron chi connectivity index (χ2n) is 13.1. The maximum atomic E-state index is 13.5. The number of benzene rings is 2. The van der Waals surface area contributed by atoms with Crippen LogP contribution in [-0.2, 0) is 27.8 Å². The third kappa shape index (κ3) is 7.04. The summed E-state index contributed by atoms with van der Waals surface area (Å²) in [6.45, 7) is 9.98. The number of hydrogen-bond donors (Lipinski definition) is 1. The van der Waals surface area contributed by atoms with Gasteiger partial charge in [-0.3, -0.25) is 4.98 Å². The van der Waals surface area contributed by atoms with Gasteiger partial charge in [0.25, 0.3) is 0 Å². The largest absolute Gasteiger partial charge is 0.445 e. The number of rotatable bonds is 8. The molecule has 1 amide bonds. The number of aliphatic hydroxyl groups is 1. The van der Waals surface area contributed by atoms with Crippen molar-refractivity contribution in [2.45, 2.75) is 76.3 Å². The number of fused-ring (bicyclic) bond motifs is 1. The number of carbonyl (C=O) groups is 1. The molecule has 2 aromatic heterocycles. The van der Waals surface area contributed by atoms with Gasteiger partial charge < -0.3 is 24.1 Å². The second-order valence-corrected chi connectivity index (χ2v) is 15.0. The van der Waals surface area contributed by atoms with E-state index in [0.29, 0.717) is 42.3 Å². The van der Waals surface area contributed by atoms with Crippen LogP contribution in [-0.4, -0.2) is 70.1 Å². The molecule has 0 spiro atoms. The molecule has 2 aliphatic heterocycles. The molecule has 1 N–H and O–H groups in total. The number of aromatic nitrogens is 2. The van der Waals surface area contributed by atoms with Crippen LogP contribution >= 0.6 is 0 Å². The molecule has 2 aromatic carbocycles. The van der Waals surface area contributed by atoms with Crippen LogP contribution in [0.5, 0.6) is 0 Å². The highest BCUT2D eigenvalue weighted by molar-refractivity contribution is 7.89. The maximum absolute atomic E-state index is 13.5. The minimum atomic E-state index is -3.77. The van der Waals surface area contributed by atoms with E-state index < -0.39 is 21.7 Å². The molecule has 0 saturated carbocycles. The van der Waals surface area contributed by atoms with Crippen LogP contribution in [0.4, 0.5) is 10.5 Å². The Hall–Kier alpha value is -4.26. The molecule has 4 heterocycles. The molecule has 12 heteroatoms. The molecule has 2 unspecified atom stereocenters. The van der Waals surface area contributed by atoms with E-state index in [1.165, 1.54) is 16.8 Å². The van der Waals surface area contributed by atoms with Crippen molar-refractivity contribution in [3.05, 3.63) is 95.6 Å². The third-order valence-electron chi connectivity index (χ3n) is 8.53. The fourth-order valence-corrected chi connectivity index (χ4v) is 7.56. The van der Waals surface area contributed by atoms with Crippen LogP contribution in [0.1, 0.15) is 69.0 Å². The molecule has 11 nitrogen and oxygen atoms in total. The van der Waals surface area contributed by atoms with Gasteiger partial charge in [-0.25, -0.2) is 18.2 Å². The highest BCUT2D eigenvalue weighted by Crippen LogP contribution is 2.33. The average molecular weight is 660 g/mol. The van der Waals surface area contributed by atoms with E-state index in [0.717, 1.165) is 29.7 Å². The van der Waals surface area contributed by atoms with Crippen LogP contribution in [0.2, 0.25) is 0 Å². The molecule has 2 atom stereocenters. The number of nitrogens with zero attached hydrogens (tertiary/aromatic N) is 5. The molecule has 0 bridgehead atoms. The van der Waals surface area contributed by atoms with Crippen molar-refractivity contribution < 1.29 is 27.5 Å². The predicted octanol–water partition coefficient (Wildman–Crippen LogP) is 5.75. The van der Waals surface area contributed by atoms with E-state index in [1.54, 1.807) is 36.5 Å². The monoisotopic (exact) mass is 659 g/mol.